The van der Waals surface area contributed by atoms with E-state index in [1.54, 1.807) is 0 Å². The molecular weight excluding hydrogens is 222 g/mol. The van der Waals surface area contributed by atoms with E-state index in [0.717, 1.165) is 23.6 Å². The summed E-state index contributed by atoms with van der Waals surface area (Å²) in [7, 11) is 0. The molecule has 2 heterocycles. The van der Waals surface area contributed by atoms with Crippen LogP contribution < -0.4 is 0 Å². The van der Waals surface area contributed by atoms with Crippen molar-refractivity contribution in [1.82, 2.24) is 14.4 Å². The smallest absolute Gasteiger partial charge is 0.212 e. The van der Waals surface area contributed by atoms with E-state index in [1.165, 1.54) is 36.2 Å². The van der Waals surface area contributed by atoms with Crippen molar-refractivity contribution in [2.45, 2.75) is 38.5 Å². The van der Waals surface area contributed by atoms with Crippen molar-refractivity contribution in [3.05, 3.63) is 35.7 Å². The number of para-hydroxylation sites is 2. The first-order valence-electron chi connectivity index (χ1n) is 6.86. The molecule has 1 saturated carbocycles. The molecule has 0 unspecified atom stereocenters. The minimum atomic E-state index is 0.736. The lowest BCUT2D eigenvalue weighted by Crippen LogP contribution is -2.11. The maximum absolute atomic E-state index is 4.69. The van der Waals surface area contributed by atoms with Crippen LogP contribution in [0.15, 0.2) is 24.3 Å². The van der Waals surface area contributed by atoms with Gasteiger partial charge in [-0.15, -0.1) is 0 Å². The summed E-state index contributed by atoms with van der Waals surface area (Å²) < 4.78 is 2.31. The van der Waals surface area contributed by atoms with Gasteiger partial charge in [0.1, 0.15) is 0 Å². The molecule has 1 fully saturated rings. The highest BCUT2D eigenvalue weighted by Gasteiger charge is 2.25. The number of hydrogen-bond acceptors (Lipinski definition) is 1. The van der Waals surface area contributed by atoms with Gasteiger partial charge in [0.05, 0.1) is 11.0 Å². The van der Waals surface area contributed by atoms with Crippen LogP contribution in [0.4, 0.5) is 0 Å². The summed E-state index contributed by atoms with van der Waals surface area (Å²) in [4.78, 5) is 8.25. The highest BCUT2D eigenvalue weighted by molar-refractivity contribution is 5.80. The van der Waals surface area contributed by atoms with E-state index in [-0.39, 0.29) is 0 Å². The van der Waals surface area contributed by atoms with Crippen molar-refractivity contribution in [3.63, 3.8) is 0 Å². The fourth-order valence-corrected chi connectivity index (χ4v) is 3.08. The molecule has 1 aliphatic rings. The topological polar surface area (TPSA) is 33.1 Å². The van der Waals surface area contributed by atoms with Crippen molar-refractivity contribution in [2.75, 3.05) is 0 Å². The molecule has 3 aromatic rings. The highest BCUT2D eigenvalue weighted by atomic mass is 15.1. The molecule has 4 rings (SSSR count). The Morgan fingerprint density at radius 3 is 2.89 bits per heavy atom. The molecule has 3 nitrogen and oxygen atoms in total. The summed E-state index contributed by atoms with van der Waals surface area (Å²) in [5, 5.41) is 0. The molecule has 92 valence electrons. The first kappa shape index (κ1) is 10.2. The molecule has 0 saturated heterocycles. The summed E-state index contributed by atoms with van der Waals surface area (Å²) in [6, 6.07) is 8.38. The Labute approximate surface area is 106 Å². The quantitative estimate of drug-likeness (QED) is 0.727. The summed E-state index contributed by atoms with van der Waals surface area (Å²) in [6.45, 7) is 2.24. The lowest BCUT2D eigenvalue weighted by Gasteiger charge is -2.25. The van der Waals surface area contributed by atoms with E-state index in [0.29, 0.717) is 0 Å². The fourth-order valence-electron chi connectivity index (χ4n) is 3.08. The molecule has 3 heteroatoms. The SMILES string of the molecule is CCc1c(C2CCC2)[nH]c2nc3ccccc3n12. The minimum absolute atomic E-state index is 0.736. The Bertz CT molecular complexity index is 716. The van der Waals surface area contributed by atoms with Crippen LogP contribution in [0.3, 0.4) is 0 Å². The number of rotatable bonds is 2. The van der Waals surface area contributed by atoms with Gasteiger partial charge in [-0.05, 0) is 31.4 Å². The fraction of sp³-hybridized carbons (Fsp3) is 0.400. The van der Waals surface area contributed by atoms with Crippen LogP contribution in [-0.2, 0) is 6.42 Å². The summed E-state index contributed by atoms with van der Waals surface area (Å²) in [6.07, 6.45) is 5.09. The van der Waals surface area contributed by atoms with Crippen LogP contribution in [0.25, 0.3) is 16.8 Å². The second kappa shape index (κ2) is 3.61. The average molecular weight is 239 g/mol. The summed E-state index contributed by atoms with van der Waals surface area (Å²) in [5.74, 6) is 1.75. The number of H-pyrrole nitrogens is 1. The number of aryl methyl sites for hydroxylation is 1. The van der Waals surface area contributed by atoms with Gasteiger partial charge in [-0.3, -0.25) is 4.40 Å². The molecule has 1 aromatic carbocycles. The standard InChI is InChI=1S/C15H17N3/c1-2-12-14(10-6-5-7-10)17-15-16-11-8-3-4-9-13(11)18(12)15/h3-4,8-10H,2,5-7H2,1H3,(H,16,17). The van der Waals surface area contributed by atoms with Crippen molar-refractivity contribution in [3.8, 4) is 0 Å². The van der Waals surface area contributed by atoms with Crippen molar-refractivity contribution < 1.29 is 0 Å². The maximum Gasteiger partial charge on any atom is 0.212 e. The Kier molecular flexibility index (Phi) is 2.04. The molecule has 1 N–H and O–H groups in total. The maximum atomic E-state index is 4.69. The van der Waals surface area contributed by atoms with E-state index < -0.39 is 0 Å². The third-order valence-corrected chi connectivity index (χ3v) is 4.24. The van der Waals surface area contributed by atoms with Crippen LogP contribution >= 0.6 is 0 Å². The van der Waals surface area contributed by atoms with E-state index in [1.807, 2.05) is 6.07 Å². The number of hydrogen-bond donors (Lipinski definition) is 1. The molecule has 0 amide bonds. The Morgan fingerprint density at radius 1 is 1.33 bits per heavy atom. The van der Waals surface area contributed by atoms with Gasteiger partial charge in [0.25, 0.3) is 0 Å². The zero-order valence-corrected chi connectivity index (χ0v) is 10.6. The largest absolute Gasteiger partial charge is 0.327 e. The Balaban J connectivity index is 2.05. The van der Waals surface area contributed by atoms with Gasteiger partial charge in [-0.1, -0.05) is 25.5 Å². The third-order valence-electron chi connectivity index (χ3n) is 4.24. The van der Waals surface area contributed by atoms with Gasteiger partial charge in [0.15, 0.2) is 0 Å². The van der Waals surface area contributed by atoms with Crippen molar-refractivity contribution in [2.24, 2.45) is 0 Å². The zero-order chi connectivity index (χ0) is 12.1. The van der Waals surface area contributed by atoms with E-state index in [2.05, 4.69) is 34.5 Å². The van der Waals surface area contributed by atoms with Crippen LogP contribution in [0.5, 0.6) is 0 Å². The third kappa shape index (κ3) is 1.22. The van der Waals surface area contributed by atoms with E-state index in [4.69, 9.17) is 4.98 Å². The van der Waals surface area contributed by atoms with Crippen LogP contribution in [0.1, 0.15) is 43.5 Å². The van der Waals surface area contributed by atoms with Crippen LogP contribution in [0, 0.1) is 0 Å². The number of aromatic nitrogens is 3. The average Bonchev–Trinajstić information content (AvgIpc) is 2.82. The summed E-state index contributed by atoms with van der Waals surface area (Å²) in [5.41, 5.74) is 5.16. The van der Waals surface area contributed by atoms with Gasteiger partial charge < -0.3 is 4.98 Å². The normalized spacial score (nSPS) is 16.5. The number of nitrogens with one attached hydrogen (secondary N) is 1. The Hall–Kier alpha value is -1.77. The molecule has 0 radical (unpaired) electrons. The molecule has 0 spiro atoms. The summed E-state index contributed by atoms with van der Waals surface area (Å²) >= 11 is 0. The van der Waals surface area contributed by atoms with Gasteiger partial charge >= 0.3 is 0 Å². The van der Waals surface area contributed by atoms with Crippen LogP contribution in [0.2, 0.25) is 0 Å². The van der Waals surface area contributed by atoms with Crippen molar-refractivity contribution in [1.29, 1.82) is 0 Å². The Morgan fingerprint density at radius 2 is 2.17 bits per heavy atom. The van der Waals surface area contributed by atoms with Gasteiger partial charge in [-0.2, -0.15) is 0 Å². The molecule has 0 aliphatic heterocycles. The zero-order valence-electron chi connectivity index (χ0n) is 10.6. The number of imidazole rings is 2. The van der Waals surface area contributed by atoms with Gasteiger partial charge in [0, 0.05) is 17.3 Å². The van der Waals surface area contributed by atoms with E-state index in [9.17, 15) is 0 Å². The molecular formula is C15H17N3. The molecule has 0 bridgehead atoms. The van der Waals surface area contributed by atoms with Crippen molar-refractivity contribution >= 4 is 16.8 Å². The number of aromatic amines is 1. The highest BCUT2D eigenvalue weighted by Crippen LogP contribution is 2.38. The number of fused-ring (bicyclic) bond motifs is 3. The molecule has 0 atom stereocenters. The second-order valence-corrected chi connectivity index (χ2v) is 5.23. The van der Waals surface area contributed by atoms with E-state index >= 15 is 0 Å². The molecule has 18 heavy (non-hydrogen) atoms. The van der Waals surface area contributed by atoms with Gasteiger partial charge in [0.2, 0.25) is 5.78 Å². The monoisotopic (exact) mass is 239 g/mol. The predicted molar refractivity (Wildman–Crippen MR) is 73.0 cm³/mol. The second-order valence-electron chi connectivity index (χ2n) is 5.23. The number of benzene rings is 1. The molecule has 1 aliphatic carbocycles. The number of nitrogens with zero attached hydrogens (tertiary/aromatic N) is 2. The first-order valence-corrected chi connectivity index (χ1v) is 6.86. The van der Waals surface area contributed by atoms with Crippen LogP contribution in [-0.4, -0.2) is 14.4 Å². The molecule has 2 aromatic heterocycles. The lowest BCUT2D eigenvalue weighted by molar-refractivity contribution is 0.410. The predicted octanol–water partition coefficient (Wildman–Crippen LogP) is 3.65. The first-order chi connectivity index (χ1) is 8.88. The lowest BCUT2D eigenvalue weighted by atomic mass is 9.82. The van der Waals surface area contributed by atoms with Gasteiger partial charge in [-0.25, -0.2) is 4.98 Å². The minimum Gasteiger partial charge on any atom is -0.327 e.